The predicted octanol–water partition coefficient (Wildman–Crippen LogP) is 2.86. The van der Waals surface area contributed by atoms with Gasteiger partial charge in [-0.05, 0) is 32.9 Å². The summed E-state index contributed by atoms with van der Waals surface area (Å²) < 4.78 is 6.50. The third kappa shape index (κ3) is 3.06. The average Bonchev–Trinajstić information content (AvgIpc) is 3.11. The normalized spacial score (nSPS) is 14.0. The number of carbonyl (C=O) groups is 1. The first-order valence-electron chi connectivity index (χ1n) is 7.65. The number of thioether (sulfide) groups is 1. The summed E-state index contributed by atoms with van der Waals surface area (Å²) in [6, 6.07) is 10.1. The Morgan fingerprint density at radius 3 is 2.70 bits per heavy atom. The molecule has 6 nitrogen and oxygen atoms in total. The topological polar surface area (TPSA) is 60.2 Å². The largest absolute Gasteiger partial charge is 0.465 e. The van der Waals surface area contributed by atoms with Gasteiger partial charge in [0.15, 0.2) is 5.16 Å². The van der Waals surface area contributed by atoms with Crippen LogP contribution in [-0.2, 0) is 16.1 Å². The molecule has 0 unspecified atom stereocenters. The molecule has 1 aliphatic heterocycles. The molecule has 0 aliphatic carbocycles. The summed E-state index contributed by atoms with van der Waals surface area (Å²) in [5, 5.41) is 9.32. The van der Waals surface area contributed by atoms with Gasteiger partial charge in [-0.15, -0.1) is 10.2 Å². The number of hydrogen-bond donors (Lipinski definition) is 0. The van der Waals surface area contributed by atoms with E-state index in [4.69, 9.17) is 4.74 Å². The lowest BCUT2D eigenvalue weighted by molar-refractivity contribution is -0.145. The van der Waals surface area contributed by atoms with Gasteiger partial charge in [0.25, 0.3) is 0 Å². The van der Waals surface area contributed by atoms with Gasteiger partial charge in [0.1, 0.15) is 4.75 Å². The van der Waals surface area contributed by atoms with Crippen LogP contribution in [0.5, 0.6) is 0 Å². The monoisotopic (exact) mass is 332 g/mol. The van der Waals surface area contributed by atoms with Crippen molar-refractivity contribution in [1.29, 1.82) is 0 Å². The zero-order valence-corrected chi connectivity index (χ0v) is 14.3. The fourth-order valence-corrected chi connectivity index (χ4v) is 3.44. The molecule has 0 N–H and O–H groups in total. The van der Waals surface area contributed by atoms with E-state index in [-0.39, 0.29) is 5.97 Å². The quantitative estimate of drug-likeness (QED) is 0.620. The first-order chi connectivity index (χ1) is 11.0. The standard InChI is InChI=1S/C16H20N4O2S/c1-4-22-13(21)16(2,3)23-15-18-17-14-19(10-11-20(14)15)12-8-6-5-7-9-12/h5-9H,4,10-11H2,1-3H3. The number of esters is 1. The SMILES string of the molecule is CCOC(=O)C(C)(C)Sc1nnc2n1CCN2c1ccccc1. The van der Waals surface area contributed by atoms with E-state index in [0.717, 1.165) is 29.9 Å². The first-order valence-corrected chi connectivity index (χ1v) is 8.46. The molecular weight excluding hydrogens is 312 g/mol. The highest BCUT2D eigenvalue weighted by Crippen LogP contribution is 2.37. The molecule has 0 bridgehead atoms. The summed E-state index contributed by atoms with van der Waals surface area (Å²) in [4.78, 5) is 14.2. The van der Waals surface area contributed by atoms with Gasteiger partial charge in [-0.1, -0.05) is 30.0 Å². The lowest BCUT2D eigenvalue weighted by atomic mass is 10.2. The van der Waals surface area contributed by atoms with Crippen molar-refractivity contribution in [3.05, 3.63) is 30.3 Å². The van der Waals surface area contributed by atoms with Crippen molar-refractivity contribution >= 4 is 29.4 Å². The summed E-state index contributed by atoms with van der Waals surface area (Å²) >= 11 is 1.39. The zero-order valence-electron chi connectivity index (χ0n) is 13.5. The maximum absolute atomic E-state index is 12.1. The van der Waals surface area contributed by atoms with E-state index < -0.39 is 4.75 Å². The highest BCUT2D eigenvalue weighted by atomic mass is 32.2. The predicted molar refractivity (Wildman–Crippen MR) is 90.0 cm³/mol. The minimum absolute atomic E-state index is 0.236. The van der Waals surface area contributed by atoms with Crippen LogP contribution in [0, 0.1) is 0 Å². The number of para-hydroxylation sites is 1. The van der Waals surface area contributed by atoms with Crippen LogP contribution in [-0.4, -0.2) is 38.6 Å². The summed E-state index contributed by atoms with van der Waals surface area (Å²) in [5.74, 6) is 0.582. The fraction of sp³-hybridized carbons (Fsp3) is 0.438. The summed E-state index contributed by atoms with van der Waals surface area (Å²) in [7, 11) is 0. The Balaban J connectivity index is 1.82. The number of hydrogen-bond acceptors (Lipinski definition) is 6. The van der Waals surface area contributed by atoms with Gasteiger partial charge in [0.2, 0.25) is 5.95 Å². The van der Waals surface area contributed by atoms with Crippen LogP contribution in [0.4, 0.5) is 11.6 Å². The van der Waals surface area contributed by atoms with Crippen molar-refractivity contribution < 1.29 is 9.53 Å². The number of carbonyl (C=O) groups excluding carboxylic acids is 1. The molecule has 23 heavy (non-hydrogen) atoms. The molecule has 122 valence electrons. The number of ether oxygens (including phenoxy) is 1. The highest BCUT2D eigenvalue weighted by Gasteiger charge is 2.35. The Morgan fingerprint density at radius 2 is 2.00 bits per heavy atom. The van der Waals surface area contributed by atoms with E-state index in [2.05, 4.69) is 31.8 Å². The van der Waals surface area contributed by atoms with Gasteiger partial charge in [0, 0.05) is 18.8 Å². The van der Waals surface area contributed by atoms with Crippen molar-refractivity contribution in [2.45, 2.75) is 37.2 Å². The van der Waals surface area contributed by atoms with Crippen molar-refractivity contribution in [2.75, 3.05) is 18.1 Å². The number of rotatable bonds is 5. The van der Waals surface area contributed by atoms with E-state index in [1.807, 2.05) is 39.0 Å². The van der Waals surface area contributed by atoms with Gasteiger partial charge >= 0.3 is 5.97 Å². The number of nitrogens with zero attached hydrogens (tertiary/aromatic N) is 4. The van der Waals surface area contributed by atoms with Gasteiger partial charge < -0.3 is 9.64 Å². The molecule has 1 aliphatic rings. The molecular formula is C16H20N4O2S. The molecule has 2 heterocycles. The van der Waals surface area contributed by atoms with Crippen LogP contribution in [0.3, 0.4) is 0 Å². The maximum atomic E-state index is 12.1. The summed E-state index contributed by atoms with van der Waals surface area (Å²) in [6.07, 6.45) is 0. The number of fused-ring (bicyclic) bond motifs is 1. The molecule has 0 atom stereocenters. The molecule has 0 amide bonds. The van der Waals surface area contributed by atoms with Gasteiger partial charge in [0.05, 0.1) is 6.61 Å². The minimum Gasteiger partial charge on any atom is -0.465 e. The first kappa shape index (κ1) is 15.9. The third-order valence-corrected chi connectivity index (χ3v) is 4.83. The molecule has 7 heteroatoms. The number of aromatic nitrogens is 3. The Morgan fingerprint density at radius 1 is 1.26 bits per heavy atom. The van der Waals surface area contributed by atoms with Crippen LogP contribution in [0.2, 0.25) is 0 Å². The number of benzene rings is 1. The Bertz CT molecular complexity index is 699. The van der Waals surface area contributed by atoms with Crippen molar-refractivity contribution in [3.8, 4) is 0 Å². The lowest BCUT2D eigenvalue weighted by Gasteiger charge is -2.20. The van der Waals surface area contributed by atoms with Crippen molar-refractivity contribution in [3.63, 3.8) is 0 Å². The fourth-order valence-electron chi connectivity index (χ4n) is 2.48. The summed E-state index contributed by atoms with van der Waals surface area (Å²) in [6.45, 7) is 7.54. The van der Waals surface area contributed by atoms with Crippen LogP contribution < -0.4 is 4.90 Å². The Kier molecular flexibility index (Phi) is 4.30. The van der Waals surface area contributed by atoms with Crippen molar-refractivity contribution in [1.82, 2.24) is 14.8 Å². The Labute approximate surface area is 139 Å². The molecule has 0 fully saturated rings. The molecule has 3 rings (SSSR count). The zero-order chi connectivity index (χ0) is 16.4. The van der Waals surface area contributed by atoms with E-state index in [1.165, 1.54) is 11.8 Å². The molecule has 0 spiro atoms. The number of anilines is 2. The van der Waals surface area contributed by atoms with Gasteiger partial charge in [-0.25, -0.2) is 0 Å². The minimum atomic E-state index is -0.694. The van der Waals surface area contributed by atoms with E-state index in [9.17, 15) is 4.79 Å². The van der Waals surface area contributed by atoms with Crippen molar-refractivity contribution in [2.24, 2.45) is 0 Å². The van der Waals surface area contributed by atoms with E-state index in [0.29, 0.717) is 6.61 Å². The molecule has 0 saturated heterocycles. The van der Waals surface area contributed by atoms with Crippen LogP contribution >= 0.6 is 11.8 Å². The third-order valence-electron chi connectivity index (χ3n) is 3.67. The molecule has 0 saturated carbocycles. The maximum Gasteiger partial charge on any atom is 0.322 e. The second-order valence-corrected chi connectivity index (χ2v) is 7.34. The molecule has 1 aromatic carbocycles. The smallest absolute Gasteiger partial charge is 0.322 e. The van der Waals surface area contributed by atoms with Crippen LogP contribution in [0.1, 0.15) is 20.8 Å². The van der Waals surface area contributed by atoms with Crippen LogP contribution in [0.15, 0.2) is 35.5 Å². The highest BCUT2D eigenvalue weighted by molar-refractivity contribution is 8.01. The van der Waals surface area contributed by atoms with Crippen LogP contribution in [0.25, 0.3) is 0 Å². The molecule has 0 radical (unpaired) electrons. The summed E-state index contributed by atoms with van der Waals surface area (Å²) in [5.41, 5.74) is 1.10. The van der Waals surface area contributed by atoms with E-state index >= 15 is 0 Å². The average molecular weight is 332 g/mol. The van der Waals surface area contributed by atoms with Gasteiger partial charge in [-0.2, -0.15) is 0 Å². The van der Waals surface area contributed by atoms with Gasteiger partial charge in [-0.3, -0.25) is 9.36 Å². The second-order valence-electron chi connectivity index (χ2n) is 5.75. The second kappa shape index (κ2) is 6.23. The molecule has 1 aromatic heterocycles. The van der Waals surface area contributed by atoms with E-state index in [1.54, 1.807) is 0 Å². The molecule has 2 aromatic rings. The Hall–Kier alpha value is -2.02. The lowest BCUT2D eigenvalue weighted by Crippen LogP contribution is -2.30.